The number of methoxy groups -OCH3 is 1. The zero-order valence-corrected chi connectivity index (χ0v) is 13.7. The fraction of sp³-hybridized carbons (Fsp3) is 0.333. The molecule has 2 rings (SSSR count). The molecule has 0 unspecified atom stereocenters. The van der Waals surface area contributed by atoms with Gasteiger partial charge in [-0.3, -0.25) is 9.59 Å². The Labute approximate surface area is 141 Å². The van der Waals surface area contributed by atoms with E-state index in [1.165, 1.54) is 17.4 Å². The van der Waals surface area contributed by atoms with Crippen LogP contribution in [0.3, 0.4) is 0 Å². The molecule has 0 fully saturated rings. The van der Waals surface area contributed by atoms with Gasteiger partial charge in [0.05, 0.1) is 11.8 Å². The quantitative estimate of drug-likeness (QED) is 0.715. The van der Waals surface area contributed by atoms with Crippen LogP contribution in [0.1, 0.15) is 22.3 Å². The van der Waals surface area contributed by atoms with E-state index in [4.69, 9.17) is 9.15 Å². The number of amides is 2. The molecule has 2 aromatic rings. The number of carbonyl (C=O) groups is 2. The van der Waals surface area contributed by atoms with E-state index in [0.717, 1.165) is 12.0 Å². The van der Waals surface area contributed by atoms with Crippen molar-refractivity contribution in [1.29, 1.82) is 0 Å². The summed E-state index contributed by atoms with van der Waals surface area (Å²) >= 11 is 0. The number of hydrogen-bond acceptors (Lipinski definition) is 4. The second-order valence-electron chi connectivity index (χ2n) is 5.36. The molecule has 6 nitrogen and oxygen atoms in total. The number of nitrogens with one attached hydrogen (secondary N) is 1. The molecule has 0 spiro atoms. The summed E-state index contributed by atoms with van der Waals surface area (Å²) in [6.45, 7) is 1.45. The summed E-state index contributed by atoms with van der Waals surface area (Å²) in [6, 6.07) is 11.2. The molecule has 0 aliphatic carbocycles. The van der Waals surface area contributed by atoms with Gasteiger partial charge in [0.25, 0.3) is 5.91 Å². The first-order valence-corrected chi connectivity index (χ1v) is 7.81. The molecule has 24 heavy (non-hydrogen) atoms. The maximum absolute atomic E-state index is 12.6. The van der Waals surface area contributed by atoms with Crippen LogP contribution in [0.2, 0.25) is 0 Å². The van der Waals surface area contributed by atoms with E-state index in [-0.39, 0.29) is 18.4 Å². The van der Waals surface area contributed by atoms with Gasteiger partial charge >= 0.3 is 0 Å². The molecule has 0 bridgehead atoms. The molecule has 1 heterocycles. The van der Waals surface area contributed by atoms with Gasteiger partial charge in [0, 0.05) is 26.8 Å². The highest BCUT2D eigenvalue weighted by Crippen LogP contribution is 2.10. The van der Waals surface area contributed by atoms with E-state index in [9.17, 15) is 9.59 Å². The molecule has 0 radical (unpaired) electrons. The maximum Gasteiger partial charge on any atom is 0.257 e. The lowest BCUT2D eigenvalue weighted by molar-refractivity contribution is -0.121. The van der Waals surface area contributed by atoms with Gasteiger partial charge in [0.2, 0.25) is 5.91 Å². The molecule has 0 saturated carbocycles. The Hall–Kier alpha value is -2.60. The predicted molar refractivity (Wildman–Crippen MR) is 89.4 cm³/mol. The first kappa shape index (κ1) is 17.7. The SMILES string of the molecule is COCCCNC(=O)CN(Cc1ccccc1)C(=O)c1ccoc1. The van der Waals surface area contributed by atoms with Crippen molar-refractivity contribution in [3.63, 3.8) is 0 Å². The molecule has 0 saturated heterocycles. The number of rotatable bonds is 9. The van der Waals surface area contributed by atoms with Gasteiger partial charge in [0.15, 0.2) is 0 Å². The minimum absolute atomic E-state index is 0.00805. The topological polar surface area (TPSA) is 71.8 Å². The standard InChI is InChI=1S/C18H22N2O4/c1-23-10-5-9-19-17(21)13-20(12-15-6-3-2-4-7-15)18(22)16-8-11-24-14-16/h2-4,6-8,11,14H,5,9-10,12-13H2,1H3,(H,19,21). The van der Waals surface area contributed by atoms with Gasteiger partial charge in [0.1, 0.15) is 12.8 Å². The van der Waals surface area contributed by atoms with Gasteiger partial charge in [-0.05, 0) is 18.1 Å². The van der Waals surface area contributed by atoms with E-state index in [2.05, 4.69) is 5.32 Å². The fourth-order valence-electron chi connectivity index (χ4n) is 2.25. The number of furan rings is 1. The van der Waals surface area contributed by atoms with Gasteiger partial charge in [-0.15, -0.1) is 0 Å². The van der Waals surface area contributed by atoms with Crippen LogP contribution >= 0.6 is 0 Å². The van der Waals surface area contributed by atoms with Gasteiger partial charge in [-0.1, -0.05) is 30.3 Å². The second kappa shape index (κ2) is 9.52. The molecule has 128 valence electrons. The Morgan fingerprint density at radius 3 is 2.67 bits per heavy atom. The summed E-state index contributed by atoms with van der Waals surface area (Å²) < 4.78 is 9.92. The predicted octanol–water partition coefficient (Wildman–Crippen LogP) is 2.07. The van der Waals surface area contributed by atoms with Gasteiger partial charge in [-0.2, -0.15) is 0 Å². The second-order valence-corrected chi connectivity index (χ2v) is 5.36. The molecular formula is C18H22N2O4. The van der Waals surface area contributed by atoms with E-state index in [1.54, 1.807) is 13.2 Å². The number of hydrogen-bond donors (Lipinski definition) is 1. The largest absolute Gasteiger partial charge is 0.472 e. The van der Waals surface area contributed by atoms with Crippen molar-refractivity contribution in [3.05, 3.63) is 60.1 Å². The van der Waals surface area contributed by atoms with Crippen LogP contribution in [-0.4, -0.2) is 43.5 Å². The lowest BCUT2D eigenvalue weighted by Gasteiger charge is -2.22. The molecule has 0 aliphatic rings. The van der Waals surface area contributed by atoms with Crippen LogP contribution in [0.25, 0.3) is 0 Å². The zero-order chi connectivity index (χ0) is 17.2. The molecule has 0 aliphatic heterocycles. The average Bonchev–Trinajstić information content (AvgIpc) is 3.13. The minimum atomic E-state index is -0.236. The summed E-state index contributed by atoms with van der Waals surface area (Å²) in [6.07, 6.45) is 3.56. The van der Waals surface area contributed by atoms with Crippen molar-refractivity contribution < 1.29 is 18.7 Å². The van der Waals surface area contributed by atoms with E-state index < -0.39 is 0 Å². The van der Waals surface area contributed by atoms with Crippen LogP contribution in [0, 0.1) is 0 Å². The third-order valence-electron chi connectivity index (χ3n) is 3.45. The van der Waals surface area contributed by atoms with E-state index in [1.807, 2.05) is 30.3 Å². The Morgan fingerprint density at radius 1 is 1.21 bits per heavy atom. The highest BCUT2D eigenvalue weighted by molar-refractivity contribution is 5.96. The number of carbonyl (C=O) groups excluding carboxylic acids is 2. The highest BCUT2D eigenvalue weighted by atomic mass is 16.5. The van der Waals surface area contributed by atoms with Crippen LogP contribution < -0.4 is 5.32 Å². The van der Waals surface area contributed by atoms with Gasteiger partial charge in [-0.25, -0.2) is 0 Å². The van der Waals surface area contributed by atoms with Crippen molar-refractivity contribution in [2.75, 3.05) is 26.8 Å². The average molecular weight is 330 g/mol. The van der Waals surface area contributed by atoms with Crippen LogP contribution in [0.5, 0.6) is 0 Å². The number of nitrogens with zero attached hydrogens (tertiary/aromatic N) is 1. The third kappa shape index (κ3) is 5.55. The third-order valence-corrected chi connectivity index (χ3v) is 3.45. The van der Waals surface area contributed by atoms with Crippen LogP contribution in [0.15, 0.2) is 53.3 Å². The van der Waals surface area contributed by atoms with Crippen LogP contribution in [-0.2, 0) is 16.1 Å². The van der Waals surface area contributed by atoms with E-state index >= 15 is 0 Å². The summed E-state index contributed by atoms with van der Waals surface area (Å²) in [5, 5.41) is 2.80. The van der Waals surface area contributed by atoms with Crippen molar-refractivity contribution in [1.82, 2.24) is 10.2 Å². The molecular weight excluding hydrogens is 308 g/mol. The summed E-state index contributed by atoms with van der Waals surface area (Å²) in [4.78, 5) is 26.2. The first-order valence-electron chi connectivity index (χ1n) is 7.81. The molecule has 1 aromatic carbocycles. The highest BCUT2D eigenvalue weighted by Gasteiger charge is 2.20. The minimum Gasteiger partial charge on any atom is -0.472 e. The van der Waals surface area contributed by atoms with Crippen LogP contribution in [0.4, 0.5) is 0 Å². The van der Waals surface area contributed by atoms with Crippen molar-refractivity contribution in [3.8, 4) is 0 Å². The number of benzene rings is 1. The summed E-state index contributed by atoms with van der Waals surface area (Å²) in [5.41, 5.74) is 1.39. The maximum atomic E-state index is 12.6. The Kier molecular flexibility index (Phi) is 7.04. The summed E-state index contributed by atoms with van der Waals surface area (Å²) in [5.74, 6) is -0.432. The smallest absolute Gasteiger partial charge is 0.257 e. The molecule has 2 amide bonds. The Bertz CT molecular complexity index is 626. The Balaban J connectivity index is 1.99. The van der Waals surface area contributed by atoms with Crippen molar-refractivity contribution >= 4 is 11.8 Å². The summed E-state index contributed by atoms with van der Waals surface area (Å²) in [7, 11) is 1.62. The zero-order valence-electron chi connectivity index (χ0n) is 13.7. The normalized spacial score (nSPS) is 10.4. The Morgan fingerprint density at radius 2 is 2.00 bits per heavy atom. The number of ether oxygens (including phenoxy) is 1. The lowest BCUT2D eigenvalue weighted by Crippen LogP contribution is -2.40. The van der Waals surface area contributed by atoms with Crippen molar-refractivity contribution in [2.24, 2.45) is 0 Å². The lowest BCUT2D eigenvalue weighted by atomic mass is 10.2. The molecule has 0 atom stereocenters. The monoisotopic (exact) mass is 330 g/mol. The molecule has 1 aromatic heterocycles. The van der Waals surface area contributed by atoms with E-state index in [0.29, 0.717) is 25.3 Å². The first-order chi connectivity index (χ1) is 11.7. The molecule has 1 N–H and O–H groups in total. The van der Waals surface area contributed by atoms with Crippen molar-refractivity contribution in [2.45, 2.75) is 13.0 Å². The molecule has 6 heteroatoms. The van der Waals surface area contributed by atoms with Gasteiger partial charge < -0.3 is 19.4 Å². The fourth-order valence-corrected chi connectivity index (χ4v) is 2.25.